The number of aryl methyl sites for hydroxylation is 1. The molecule has 0 unspecified atom stereocenters. The van der Waals surface area contributed by atoms with Crippen molar-refractivity contribution in [2.75, 3.05) is 19.0 Å². The first-order valence-electron chi connectivity index (χ1n) is 11.9. The summed E-state index contributed by atoms with van der Waals surface area (Å²) in [6, 6.07) is 23.1. The van der Waals surface area contributed by atoms with Crippen molar-refractivity contribution in [3.05, 3.63) is 90.6 Å². The molecule has 9 heteroatoms. The zero-order chi connectivity index (χ0) is 26.6. The first-order valence-corrected chi connectivity index (χ1v) is 13.3. The van der Waals surface area contributed by atoms with Crippen LogP contribution < -0.4 is 10.1 Å². The number of benzene rings is 3. The molecule has 0 aliphatic carbocycles. The van der Waals surface area contributed by atoms with Crippen molar-refractivity contribution in [1.29, 1.82) is 0 Å². The normalized spacial score (nSPS) is 11.6. The van der Waals surface area contributed by atoms with E-state index in [9.17, 15) is 13.2 Å². The predicted octanol–water partition coefficient (Wildman–Crippen LogP) is 4.89. The Morgan fingerprint density at radius 2 is 1.65 bits per heavy atom. The number of nitrogens with one attached hydrogen (secondary N) is 1. The number of carbonyl (C=O) groups excluding carboxylic acids is 1. The molecule has 37 heavy (non-hydrogen) atoms. The van der Waals surface area contributed by atoms with Gasteiger partial charge in [0.15, 0.2) is 0 Å². The number of anilines is 1. The highest BCUT2D eigenvalue weighted by molar-refractivity contribution is 7.89. The van der Waals surface area contributed by atoms with Gasteiger partial charge in [0.25, 0.3) is 0 Å². The lowest BCUT2D eigenvalue weighted by Crippen LogP contribution is -2.42. The maximum Gasteiger partial charge on any atom is 0.243 e. The van der Waals surface area contributed by atoms with E-state index in [0.717, 1.165) is 22.6 Å². The Morgan fingerprint density at radius 3 is 2.24 bits per heavy atom. The van der Waals surface area contributed by atoms with Gasteiger partial charge in [-0.05, 0) is 69.3 Å². The van der Waals surface area contributed by atoms with Gasteiger partial charge in [0, 0.05) is 23.5 Å². The van der Waals surface area contributed by atoms with Crippen molar-refractivity contribution in [2.45, 2.75) is 31.7 Å². The molecule has 0 atom stereocenters. The number of sulfonamides is 1. The fraction of sp³-hybridized carbons (Fsp3) is 0.214. The Labute approximate surface area is 217 Å². The van der Waals surface area contributed by atoms with Gasteiger partial charge in [-0.1, -0.05) is 35.9 Å². The molecule has 1 amide bonds. The number of ether oxygens (including phenoxy) is 1. The van der Waals surface area contributed by atoms with E-state index in [0.29, 0.717) is 11.6 Å². The molecule has 0 spiro atoms. The van der Waals surface area contributed by atoms with E-state index in [2.05, 4.69) is 10.3 Å². The zero-order valence-electron chi connectivity index (χ0n) is 21.3. The zero-order valence-corrected chi connectivity index (χ0v) is 22.1. The average Bonchev–Trinajstić information content (AvgIpc) is 3.31. The third kappa shape index (κ3) is 5.90. The number of imidazole rings is 1. The fourth-order valence-electron chi connectivity index (χ4n) is 3.85. The highest BCUT2D eigenvalue weighted by atomic mass is 32.2. The number of hydrogen-bond donors (Lipinski definition) is 1. The van der Waals surface area contributed by atoms with E-state index in [-0.39, 0.29) is 11.4 Å². The predicted molar refractivity (Wildman–Crippen MR) is 144 cm³/mol. The summed E-state index contributed by atoms with van der Waals surface area (Å²) < 4.78 is 34.8. The standard InChI is InChI=1S/C28H30N4O4S/c1-20(2)32(37(34,35)25-16-10-21(3)11-17-25)19-27(33)30-28-29-26(22-12-14-24(36-4)15-13-22)18-31(28)23-8-6-5-7-9-23/h5-18,20H,19H2,1-4H3,(H,29,30,33). The van der Waals surface area contributed by atoms with Gasteiger partial charge in [-0.15, -0.1) is 0 Å². The summed E-state index contributed by atoms with van der Waals surface area (Å²) in [5, 5.41) is 2.82. The van der Waals surface area contributed by atoms with Crippen LogP contribution in [0.25, 0.3) is 16.9 Å². The molecule has 0 bridgehead atoms. The molecule has 4 aromatic rings. The molecule has 0 saturated heterocycles. The first-order chi connectivity index (χ1) is 17.7. The van der Waals surface area contributed by atoms with Gasteiger partial charge in [0.1, 0.15) is 5.75 Å². The topological polar surface area (TPSA) is 93.5 Å². The van der Waals surface area contributed by atoms with Crippen molar-refractivity contribution < 1.29 is 17.9 Å². The highest BCUT2D eigenvalue weighted by Gasteiger charge is 2.29. The minimum Gasteiger partial charge on any atom is -0.497 e. The van der Waals surface area contributed by atoms with Crippen molar-refractivity contribution >= 4 is 21.9 Å². The lowest BCUT2D eigenvalue weighted by atomic mass is 10.1. The van der Waals surface area contributed by atoms with Crippen molar-refractivity contribution in [2.24, 2.45) is 0 Å². The molecule has 3 aromatic carbocycles. The second-order valence-electron chi connectivity index (χ2n) is 8.89. The molecule has 0 radical (unpaired) electrons. The lowest BCUT2D eigenvalue weighted by molar-refractivity contribution is -0.116. The van der Waals surface area contributed by atoms with Crippen LogP contribution in [0.4, 0.5) is 5.95 Å². The molecule has 0 saturated carbocycles. The van der Waals surface area contributed by atoms with Gasteiger partial charge >= 0.3 is 0 Å². The van der Waals surface area contributed by atoms with E-state index < -0.39 is 22.0 Å². The van der Waals surface area contributed by atoms with Crippen LogP contribution in [-0.4, -0.2) is 47.9 Å². The maximum absolute atomic E-state index is 13.3. The number of nitrogens with zero attached hydrogens (tertiary/aromatic N) is 3. The van der Waals surface area contributed by atoms with Crippen LogP contribution in [0, 0.1) is 6.92 Å². The Balaban J connectivity index is 1.63. The number of hydrogen-bond acceptors (Lipinski definition) is 5. The maximum atomic E-state index is 13.3. The minimum atomic E-state index is -3.88. The van der Waals surface area contributed by atoms with Crippen LogP contribution in [0.1, 0.15) is 19.4 Å². The molecule has 1 aromatic heterocycles. The van der Waals surface area contributed by atoms with Crippen LogP contribution in [0.5, 0.6) is 5.75 Å². The summed E-state index contributed by atoms with van der Waals surface area (Å²) in [7, 11) is -2.27. The van der Waals surface area contributed by atoms with E-state index in [1.807, 2.05) is 67.7 Å². The van der Waals surface area contributed by atoms with E-state index in [1.54, 1.807) is 49.8 Å². The van der Waals surface area contributed by atoms with Crippen molar-refractivity contribution in [1.82, 2.24) is 13.9 Å². The smallest absolute Gasteiger partial charge is 0.243 e. The number of para-hydroxylation sites is 1. The Bertz CT molecular complexity index is 1460. The van der Waals surface area contributed by atoms with E-state index in [4.69, 9.17) is 4.74 Å². The molecule has 192 valence electrons. The number of rotatable bonds is 9. The minimum absolute atomic E-state index is 0.146. The van der Waals surface area contributed by atoms with Crippen LogP contribution in [0.3, 0.4) is 0 Å². The molecular weight excluding hydrogens is 488 g/mol. The first kappa shape index (κ1) is 26.1. The molecule has 1 heterocycles. The summed E-state index contributed by atoms with van der Waals surface area (Å²) >= 11 is 0. The average molecular weight is 519 g/mol. The van der Waals surface area contributed by atoms with Crippen LogP contribution in [0.2, 0.25) is 0 Å². The van der Waals surface area contributed by atoms with Crippen LogP contribution in [-0.2, 0) is 14.8 Å². The molecular formula is C28H30N4O4S. The Morgan fingerprint density at radius 1 is 1.00 bits per heavy atom. The van der Waals surface area contributed by atoms with Gasteiger partial charge in [-0.3, -0.25) is 14.7 Å². The summed E-state index contributed by atoms with van der Waals surface area (Å²) in [5.74, 6) is 0.523. The van der Waals surface area contributed by atoms with Gasteiger partial charge in [-0.25, -0.2) is 13.4 Å². The second kappa shape index (κ2) is 11.0. The summed E-state index contributed by atoms with van der Waals surface area (Å²) in [6.07, 6.45) is 1.83. The highest BCUT2D eigenvalue weighted by Crippen LogP contribution is 2.26. The van der Waals surface area contributed by atoms with Gasteiger partial charge in [-0.2, -0.15) is 4.31 Å². The monoisotopic (exact) mass is 518 g/mol. The second-order valence-corrected chi connectivity index (χ2v) is 10.8. The molecule has 8 nitrogen and oxygen atoms in total. The molecule has 4 rings (SSSR count). The largest absolute Gasteiger partial charge is 0.497 e. The SMILES string of the molecule is COc1ccc(-c2cn(-c3ccccc3)c(NC(=O)CN(C(C)C)S(=O)(=O)c3ccc(C)cc3)n2)cc1. The summed E-state index contributed by atoms with van der Waals surface area (Å²) in [5.41, 5.74) is 3.25. The van der Waals surface area contributed by atoms with Crippen molar-refractivity contribution in [3.8, 4) is 22.7 Å². The fourth-order valence-corrected chi connectivity index (χ4v) is 5.44. The van der Waals surface area contributed by atoms with Crippen LogP contribution >= 0.6 is 0 Å². The summed E-state index contributed by atoms with van der Waals surface area (Å²) in [4.78, 5) is 18.0. The molecule has 1 N–H and O–H groups in total. The number of amides is 1. The number of aromatic nitrogens is 2. The third-order valence-corrected chi connectivity index (χ3v) is 7.92. The lowest BCUT2D eigenvalue weighted by Gasteiger charge is -2.25. The quantitative estimate of drug-likeness (QED) is 0.340. The van der Waals surface area contributed by atoms with Gasteiger partial charge in [0.05, 0.1) is 24.2 Å². The Kier molecular flexibility index (Phi) is 7.75. The molecule has 0 fully saturated rings. The number of carbonyl (C=O) groups is 1. The van der Waals surface area contributed by atoms with E-state index in [1.165, 1.54) is 4.31 Å². The van der Waals surface area contributed by atoms with Crippen molar-refractivity contribution in [3.63, 3.8) is 0 Å². The van der Waals surface area contributed by atoms with E-state index >= 15 is 0 Å². The molecule has 0 aliphatic heterocycles. The third-order valence-electron chi connectivity index (χ3n) is 5.88. The number of methoxy groups -OCH3 is 1. The molecule has 0 aliphatic rings. The Hall–Kier alpha value is -3.95. The van der Waals surface area contributed by atoms with Gasteiger partial charge in [0.2, 0.25) is 21.9 Å². The van der Waals surface area contributed by atoms with Gasteiger partial charge < -0.3 is 4.74 Å². The summed E-state index contributed by atoms with van der Waals surface area (Å²) in [6.45, 7) is 5.02. The van der Waals surface area contributed by atoms with Crippen LogP contribution in [0.15, 0.2) is 90.0 Å².